The van der Waals surface area contributed by atoms with Gasteiger partial charge in [0.1, 0.15) is 0 Å². The number of guanidine groups is 1. The Kier molecular flexibility index (Phi) is 7.11. The zero-order chi connectivity index (χ0) is 15.9. The fraction of sp³-hybridized carbons (Fsp3) is 0.733. The molecule has 0 saturated heterocycles. The molecule has 5 nitrogen and oxygen atoms in total. The van der Waals surface area contributed by atoms with Crippen molar-refractivity contribution in [2.75, 3.05) is 27.3 Å². The minimum absolute atomic E-state index is 0.120. The lowest BCUT2D eigenvalue weighted by Gasteiger charge is -2.17. The normalized spacial score (nSPS) is 14.1. The first kappa shape index (κ1) is 17.9. The highest BCUT2D eigenvalue weighted by Crippen LogP contribution is 2.23. The topological polar surface area (TPSA) is 58.5 Å². The lowest BCUT2D eigenvalue weighted by molar-refractivity contribution is 0.179. The first-order valence-electron chi connectivity index (χ1n) is 7.27. The summed E-state index contributed by atoms with van der Waals surface area (Å²) >= 11 is 1.73. The van der Waals surface area contributed by atoms with E-state index in [1.54, 1.807) is 25.5 Å². The van der Waals surface area contributed by atoms with Crippen molar-refractivity contribution in [3.8, 4) is 0 Å². The number of methoxy groups -OCH3 is 1. The summed E-state index contributed by atoms with van der Waals surface area (Å²) in [6.07, 6.45) is 0.903. The molecule has 0 spiro atoms. The molecule has 120 valence electrons. The molecule has 1 rings (SSSR count). The SMILES string of the molecule is CN=C(NCCc1nc(C(C)(C)C)cs1)NC(C)COC. The van der Waals surface area contributed by atoms with Crippen molar-refractivity contribution >= 4 is 17.3 Å². The molecule has 2 N–H and O–H groups in total. The summed E-state index contributed by atoms with van der Waals surface area (Å²) in [6.45, 7) is 10.1. The van der Waals surface area contributed by atoms with Gasteiger partial charge in [0.25, 0.3) is 0 Å². The Morgan fingerprint density at radius 3 is 2.71 bits per heavy atom. The van der Waals surface area contributed by atoms with E-state index in [1.807, 2.05) is 0 Å². The fourth-order valence-corrected chi connectivity index (χ4v) is 2.80. The van der Waals surface area contributed by atoms with Crippen molar-refractivity contribution in [3.05, 3.63) is 16.1 Å². The molecule has 1 unspecified atom stereocenters. The second-order valence-corrected chi connectivity index (χ2v) is 7.07. The van der Waals surface area contributed by atoms with Gasteiger partial charge in [-0.25, -0.2) is 4.98 Å². The lowest BCUT2D eigenvalue weighted by atomic mass is 9.93. The Hall–Kier alpha value is -1.14. The molecule has 1 atom stereocenters. The van der Waals surface area contributed by atoms with Crippen LogP contribution in [0.25, 0.3) is 0 Å². The summed E-state index contributed by atoms with van der Waals surface area (Å²) in [6, 6.07) is 0.230. The number of nitrogens with zero attached hydrogens (tertiary/aromatic N) is 2. The second kappa shape index (κ2) is 8.34. The molecular formula is C15H28N4OS. The zero-order valence-corrected chi connectivity index (χ0v) is 14.8. The molecule has 0 amide bonds. The predicted molar refractivity (Wildman–Crippen MR) is 90.4 cm³/mol. The van der Waals surface area contributed by atoms with Crippen molar-refractivity contribution in [2.24, 2.45) is 4.99 Å². The van der Waals surface area contributed by atoms with Gasteiger partial charge in [-0.05, 0) is 6.92 Å². The third-order valence-electron chi connectivity index (χ3n) is 2.97. The van der Waals surface area contributed by atoms with Crippen molar-refractivity contribution in [1.29, 1.82) is 0 Å². The Morgan fingerprint density at radius 2 is 2.19 bits per heavy atom. The van der Waals surface area contributed by atoms with Gasteiger partial charge in [0, 0.05) is 44.0 Å². The van der Waals surface area contributed by atoms with Crippen LogP contribution in [0.3, 0.4) is 0 Å². The van der Waals surface area contributed by atoms with E-state index in [2.05, 4.69) is 48.7 Å². The highest BCUT2D eigenvalue weighted by molar-refractivity contribution is 7.09. The number of hydrogen-bond donors (Lipinski definition) is 2. The first-order valence-corrected chi connectivity index (χ1v) is 8.15. The Labute approximate surface area is 132 Å². The van der Waals surface area contributed by atoms with Crippen LogP contribution < -0.4 is 10.6 Å². The van der Waals surface area contributed by atoms with E-state index in [4.69, 9.17) is 9.72 Å². The molecule has 0 aliphatic carbocycles. The van der Waals surface area contributed by atoms with E-state index in [1.165, 1.54) is 5.69 Å². The molecule has 0 aliphatic rings. The average molecular weight is 312 g/mol. The third-order valence-corrected chi connectivity index (χ3v) is 3.88. The summed E-state index contributed by atoms with van der Waals surface area (Å²) in [5.74, 6) is 0.798. The van der Waals surface area contributed by atoms with Crippen LogP contribution in [0.1, 0.15) is 38.4 Å². The largest absolute Gasteiger partial charge is 0.383 e. The van der Waals surface area contributed by atoms with Crippen LogP contribution in [0.2, 0.25) is 0 Å². The van der Waals surface area contributed by atoms with Crippen LogP contribution in [0.15, 0.2) is 10.4 Å². The Bertz CT molecular complexity index is 451. The molecular weight excluding hydrogens is 284 g/mol. The summed E-state index contributed by atoms with van der Waals surface area (Å²) in [5, 5.41) is 9.90. The average Bonchev–Trinajstić information content (AvgIpc) is 2.86. The molecule has 1 aromatic rings. The Balaban J connectivity index is 2.40. The van der Waals surface area contributed by atoms with E-state index in [-0.39, 0.29) is 11.5 Å². The molecule has 0 radical (unpaired) electrons. The number of hydrogen-bond acceptors (Lipinski definition) is 4. The van der Waals surface area contributed by atoms with Gasteiger partial charge in [-0.1, -0.05) is 20.8 Å². The van der Waals surface area contributed by atoms with Crippen molar-refractivity contribution < 1.29 is 4.74 Å². The number of ether oxygens (including phenoxy) is 1. The van der Waals surface area contributed by atoms with Gasteiger partial charge in [0.2, 0.25) is 0 Å². The van der Waals surface area contributed by atoms with E-state index in [9.17, 15) is 0 Å². The smallest absolute Gasteiger partial charge is 0.191 e. The van der Waals surface area contributed by atoms with Crippen LogP contribution in [-0.4, -0.2) is 44.3 Å². The maximum atomic E-state index is 5.10. The van der Waals surface area contributed by atoms with E-state index < -0.39 is 0 Å². The van der Waals surface area contributed by atoms with Gasteiger partial charge in [0.05, 0.1) is 17.3 Å². The summed E-state index contributed by atoms with van der Waals surface area (Å²) < 4.78 is 5.10. The molecule has 0 saturated carbocycles. The lowest BCUT2D eigenvalue weighted by Crippen LogP contribution is -2.44. The van der Waals surface area contributed by atoms with Crippen molar-refractivity contribution in [1.82, 2.24) is 15.6 Å². The molecule has 0 aliphatic heterocycles. The summed E-state index contributed by atoms with van der Waals surface area (Å²) in [7, 11) is 3.47. The molecule has 1 heterocycles. The zero-order valence-electron chi connectivity index (χ0n) is 14.0. The van der Waals surface area contributed by atoms with Crippen LogP contribution in [-0.2, 0) is 16.6 Å². The maximum absolute atomic E-state index is 5.10. The highest BCUT2D eigenvalue weighted by atomic mass is 32.1. The van der Waals surface area contributed by atoms with Gasteiger partial charge >= 0.3 is 0 Å². The number of nitrogens with one attached hydrogen (secondary N) is 2. The second-order valence-electron chi connectivity index (χ2n) is 6.13. The minimum Gasteiger partial charge on any atom is -0.383 e. The van der Waals surface area contributed by atoms with Gasteiger partial charge in [-0.3, -0.25) is 4.99 Å². The molecule has 1 aromatic heterocycles. The molecule has 0 fully saturated rings. The number of aliphatic imine (C=N–C) groups is 1. The van der Waals surface area contributed by atoms with Gasteiger partial charge < -0.3 is 15.4 Å². The minimum atomic E-state index is 0.120. The van der Waals surface area contributed by atoms with Crippen LogP contribution in [0, 0.1) is 0 Å². The monoisotopic (exact) mass is 312 g/mol. The number of thiazole rings is 1. The van der Waals surface area contributed by atoms with Crippen molar-refractivity contribution in [3.63, 3.8) is 0 Å². The predicted octanol–water partition coefficient (Wildman–Crippen LogP) is 2.18. The fourth-order valence-electron chi connectivity index (χ4n) is 1.78. The third kappa shape index (κ3) is 6.44. The quantitative estimate of drug-likeness (QED) is 0.624. The van der Waals surface area contributed by atoms with Gasteiger partial charge in [-0.2, -0.15) is 0 Å². The highest BCUT2D eigenvalue weighted by Gasteiger charge is 2.17. The number of rotatable bonds is 6. The molecule has 21 heavy (non-hydrogen) atoms. The summed E-state index contributed by atoms with van der Waals surface area (Å²) in [4.78, 5) is 8.90. The first-order chi connectivity index (χ1) is 9.86. The molecule has 0 bridgehead atoms. The number of aromatic nitrogens is 1. The van der Waals surface area contributed by atoms with E-state index in [0.717, 1.165) is 23.9 Å². The molecule has 6 heteroatoms. The van der Waals surface area contributed by atoms with E-state index >= 15 is 0 Å². The van der Waals surface area contributed by atoms with Crippen LogP contribution >= 0.6 is 11.3 Å². The van der Waals surface area contributed by atoms with Crippen molar-refractivity contribution in [2.45, 2.75) is 45.6 Å². The van der Waals surface area contributed by atoms with Gasteiger partial charge in [0.15, 0.2) is 5.96 Å². The van der Waals surface area contributed by atoms with Gasteiger partial charge in [-0.15, -0.1) is 11.3 Å². The summed E-state index contributed by atoms with van der Waals surface area (Å²) in [5.41, 5.74) is 1.29. The Morgan fingerprint density at radius 1 is 1.48 bits per heavy atom. The standard InChI is InChI=1S/C15H28N4OS/c1-11(9-20-6)18-14(16-5)17-8-7-13-19-12(10-21-13)15(2,3)4/h10-11H,7-9H2,1-6H3,(H2,16,17,18). The van der Waals surface area contributed by atoms with Crippen LogP contribution in [0.4, 0.5) is 0 Å². The maximum Gasteiger partial charge on any atom is 0.191 e. The van der Waals surface area contributed by atoms with Crippen LogP contribution in [0.5, 0.6) is 0 Å². The van der Waals surface area contributed by atoms with E-state index in [0.29, 0.717) is 6.61 Å². The molecule has 0 aromatic carbocycles.